The van der Waals surface area contributed by atoms with Crippen LogP contribution in [0.4, 0.5) is 0 Å². The van der Waals surface area contributed by atoms with Gasteiger partial charge in [-0.15, -0.1) is 11.3 Å². The second kappa shape index (κ2) is 8.43. The molecule has 1 amide bonds. The summed E-state index contributed by atoms with van der Waals surface area (Å²) in [5, 5.41) is 9.59. The number of para-hydroxylation sites is 1. The van der Waals surface area contributed by atoms with E-state index in [2.05, 4.69) is 10.2 Å². The van der Waals surface area contributed by atoms with Crippen LogP contribution < -0.4 is 10.4 Å². The van der Waals surface area contributed by atoms with Crippen LogP contribution in [0.5, 0.6) is 5.75 Å². The maximum atomic E-state index is 12.4. The summed E-state index contributed by atoms with van der Waals surface area (Å²) >= 11 is 1.52. The topological polar surface area (TPSA) is 80.2 Å². The van der Waals surface area contributed by atoms with E-state index >= 15 is 0 Å². The van der Waals surface area contributed by atoms with Gasteiger partial charge < -0.3 is 9.64 Å². The average Bonchev–Trinajstić information content (AvgIpc) is 3.37. The van der Waals surface area contributed by atoms with Crippen molar-refractivity contribution in [1.82, 2.24) is 19.7 Å². The third-order valence-corrected chi connectivity index (χ3v) is 5.87. The number of H-pyrrole nitrogens is 1. The molecule has 1 fully saturated rings. The first-order valence-corrected chi connectivity index (χ1v) is 10.2. The number of nitrogens with zero attached hydrogens (tertiary/aromatic N) is 3. The molecule has 3 heterocycles. The van der Waals surface area contributed by atoms with Crippen molar-refractivity contribution in [1.29, 1.82) is 0 Å². The first-order chi connectivity index (χ1) is 13.7. The van der Waals surface area contributed by atoms with Crippen molar-refractivity contribution in [2.75, 3.05) is 19.7 Å². The molecule has 4 rings (SSSR count). The second-order valence-electron chi connectivity index (χ2n) is 6.86. The molecule has 0 aliphatic carbocycles. The Morgan fingerprint density at radius 1 is 1.18 bits per heavy atom. The number of carbonyl (C=O) groups excluding carboxylic acids is 1. The van der Waals surface area contributed by atoms with Gasteiger partial charge in [-0.05, 0) is 48.4 Å². The predicted molar refractivity (Wildman–Crippen MR) is 107 cm³/mol. The molecule has 1 N–H and O–H groups in total. The molecule has 7 nitrogen and oxygen atoms in total. The lowest BCUT2D eigenvalue weighted by molar-refractivity contribution is -0.134. The second-order valence-corrected chi connectivity index (χ2v) is 7.79. The van der Waals surface area contributed by atoms with Crippen LogP contribution in [0.2, 0.25) is 0 Å². The summed E-state index contributed by atoms with van der Waals surface area (Å²) in [6.45, 7) is 1.47. The highest BCUT2D eigenvalue weighted by Crippen LogP contribution is 2.23. The first kappa shape index (κ1) is 18.5. The zero-order valence-electron chi connectivity index (χ0n) is 15.4. The Morgan fingerprint density at radius 3 is 2.68 bits per heavy atom. The van der Waals surface area contributed by atoms with E-state index in [1.165, 1.54) is 11.3 Å². The number of rotatable bonds is 6. The minimum atomic E-state index is -0.205. The summed E-state index contributed by atoms with van der Waals surface area (Å²) in [4.78, 5) is 26.3. The molecular weight excluding hydrogens is 376 g/mol. The van der Waals surface area contributed by atoms with Gasteiger partial charge in [-0.2, -0.15) is 5.10 Å². The number of benzene rings is 1. The highest BCUT2D eigenvalue weighted by atomic mass is 32.1. The number of nitrogens with one attached hydrogen (secondary N) is 1. The molecule has 146 valence electrons. The normalized spacial score (nSPS) is 14.9. The van der Waals surface area contributed by atoms with Crippen molar-refractivity contribution >= 4 is 17.2 Å². The van der Waals surface area contributed by atoms with Gasteiger partial charge in [-0.1, -0.05) is 18.2 Å². The van der Waals surface area contributed by atoms with Crippen LogP contribution in [0.1, 0.15) is 18.7 Å². The molecule has 2 aromatic heterocycles. The molecule has 0 saturated carbocycles. The summed E-state index contributed by atoms with van der Waals surface area (Å²) in [7, 11) is 0. The zero-order valence-corrected chi connectivity index (χ0v) is 16.2. The molecule has 1 aliphatic heterocycles. The Hall–Kier alpha value is -2.87. The SMILES string of the molecule is O=C(COc1ccccc1)N1CCC(Cc2n[nH]c(=O)n2-c2cccs2)CC1. The summed E-state index contributed by atoms with van der Waals surface area (Å²) < 4.78 is 7.21. The monoisotopic (exact) mass is 398 g/mol. The van der Waals surface area contributed by atoms with Crippen molar-refractivity contribution in [2.24, 2.45) is 5.92 Å². The Kier molecular flexibility index (Phi) is 5.57. The fraction of sp³-hybridized carbons (Fsp3) is 0.350. The number of thiophene rings is 1. The van der Waals surface area contributed by atoms with Gasteiger partial charge in [0.1, 0.15) is 16.6 Å². The molecule has 3 aromatic rings. The standard InChI is InChI=1S/C20H22N4O3S/c25-18(14-27-16-5-2-1-3-6-16)23-10-8-15(9-11-23)13-17-21-22-20(26)24(17)19-7-4-12-28-19/h1-7,12,15H,8-11,13-14H2,(H,22,26). The highest BCUT2D eigenvalue weighted by molar-refractivity contribution is 7.12. The molecule has 28 heavy (non-hydrogen) atoms. The number of aromatic amines is 1. The van der Waals surface area contributed by atoms with Crippen LogP contribution in [0.25, 0.3) is 5.00 Å². The van der Waals surface area contributed by atoms with Crippen LogP contribution >= 0.6 is 11.3 Å². The highest BCUT2D eigenvalue weighted by Gasteiger charge is 2.25. The number of hydrogen-bond acceptors (Lipinski definition) is 5. The lowest BCUT2D eigenvalue weighted by Crippen LogP contribution is -2.41. The van der Waals surface area contributed by atoms with Crippen LogP contribution in [0, 0.1) is 5.92 Å². The molecular formula is C20H22N4O3S. The maximum absolute atomic E-state index is 12.4. The van der Waals surface area contributed by atoms with Gasteiger partial charge in [-0.25, -0.2) is 14.5 Å². The van der Waals surface area contributed by atoms with Crippen molar-refractivity contribution in [2.45, 2.75) is 19.3 Å². The van der Waals surface area contributed by atoms with E-state index in [1.54, 1.807) is 4.57 Å². The molecule has 8 heteroatoms. The van der Waals surface area contributed by atoms with Crippen molar-refractivity contribution in [3.63, 3.8) is 0 Å². The lowest BCUT2D eigenvalue weighted by Gasteiger charge is -2.31. The van der Waals surface area contributed by atoms with E-state index in [4.69, 9.17) is 4.74 Å². The van der Waals surface area contributed by atoms with Gasteiger partial charge in [0.05, 0.1) is 0 Å². The fourth-order valence-electron chi connectivity index (χ4n) is 3.49. The van der Waals surface area contributed by atoms with Gasteiger partial charge in [-0.3, -0.25) is 4.79 Å². The van der Waals surface area contributed by atoms with Crippen LogP contribution in [0.15, 0.2) is 52.6 Å². The predicted octanol–water partition coefficient (Wildman–Crippen LogP) is 2.48. The maximum Gasteiger partial charge on any atom is 0.348 e. The van der Waals surface area contributed by atoms with Crippen LogP contribution in [-0.2, 0) is 11.2 Å². The largest absolute Gasteiger partial charge is 0.484 e. The Bertz CT molecular complexity index is 957. The van der Waals surface area contributed by atoms with Gasteiger partial charge >= 0.3 is 5.69 Å². The molecule has 1 aliphatic rings. The summed E-state index contributed by atoms with van der Waals surface area (Å²) in [6, 6.07) is 13.2. The number of ether oxygens (including phenoxy) is 1. The molecule has 0 radical (unpaired) electrons. The van der Waals surface area contributed by atoms with Gasteiger partial charge in [0, 0.05) is 19.5 Å². The van der Waals surface area contributed by atoms with E-state index in [1.807, 2.05) is 52.7 Å². The summed E-state index contributed by atoms with van der Waals surface area (Å²) in [5.74, 6) is 1.87. The van der Waals surface area contributed by atoms with E-state index < -0.39 is 0 Å². The van der Waals surface area contributed by atoms with Crippen molar-refractivity contribution in [3.8, 4) is 10.8 Å². The number of amides is 1. The summed E-state index contributed by atoms with van der Waals surface area (Å²) in [6.07, 6.45) is 2.50. The third-order valence-electron chi connectivity index (χ3n) is 5.01. The van der Waals surface area contributed by atoms with E-state index in [0.717, 1.165) is 30.1 Å². The zero-order chi connectivity index (χ0) is 19.3. The fourth-order valence-corrected chi connectivity index (χ4v) is 4.24. The number of carbonyl (C=O) groups is 1. The molecule has 1 saturated heterocycles. The quantitative estimate of drug-likeness (QED) is 0.692. The Balaban J connectivity index is 1.30. The number of aromatic nitrogens is 3. The Labute approximate surface area is 166 Å². The lowest BCUT2D eigenvalue weighted by atomic mass is 9.93. The van der Waals surface area contributed by atoms with E-state index in [-0.39, 0.29) is 18.2 Å². The van der Waals surface area contributed by atoms with Crippen molar-refractivity contribution in [3.05, 3.63) is 64.2 Å². The summed E-state index contributed by atoms with van der Waals surface area (Å²) in [5.41, 5.74) is -0.205. The molecule has 0 unspecified atom stereocenters. The van der Waals surface area contributed by atoms with Crippen molar-refractivity contribution < 1.29 is 9.53 Å². The first-order valence-electron chi connectivity index (χ1n) is 9.36. The number of piperidine rings is 1. The average molecular weight is 398 g/mol. The molecule has 1 aromatic carbocycles. The van der Waals surface area contributed by atoms with Gasteiger partial charge in [0.25, 0.3) is 5.91 Å². The third kappa shape index (κ3) is 4.17. The van der Waals surface area contributed by atoms with Crippen LogP contribution in [-0.4, -0.2) is 45.3 Å². The van der Waals surface area contributed by atoms with E-state index in [9.17, 15) is 9.59 Å². The smallest absolute Gasteiger partial charge is 0.348 e. The molecule has 0 spiro atoms. The minimum Gasteiger partial charge on any atom is -0.484 e. The van der Waals surface area contributed by atoms with Crippen LogP contribution in [0.3, 0.4) is 0 Å². The number of hydrogen-bond donors (Lipinski definition) is 1. The van der Waals surface area contributed by atoms with E-state index in [0.29, 0.717) is 24.8 Å². The number of likely N-dealkylation sites (tertiary alicyclic amines) is 1. The molecule has 0 bridgehead atoms. The minimum absolute atomic E-state index is 0.0116. The molecule has 0 atom stereocenters. The van der Waals surface area contributed by atoms with Gasteiger partial charge in [0.2, 0.25) is 0 Å². The Morgan fingerprint density at radius 2 is 1.96 bits per heavy atom. The van der Waals surface area contributed by atoms with Gasteiger partial charge in [0.15, 0.2) is 6.61 Å².